The predicted octanol–water partition coefficient (Wildman–Crippen LogP) is 4.23. The van der Waals surface area contributed by atoms with Crippen molar-refractivity contribution in [1.82, 2.24) is 5.32 Å². The molecular formula is C18H22FNO. The topological polar surface area (TPSA) is 21.3 Å². The highest BCUT2D eigenvalue weighted by atomic mass is 19.1. The zero-order chi connectivity index (χ0) is 15.2. The molecule has 2 aromatic carbocycles. The maximum absolute atomic E-state index is 14.2. The first kappa shape index (κ1) is 15.5. The fourth-order valence-corrected chi connectivity index (χ4v) is 2.48. The Hall–Kier alpha value is -1.87. The van der Waals surface area contributed by atoms with Gasteiger partial charge in [0.2, 0.25) is 0 Å². The summed E-state index contributed by atoms with van der Waals surface area (Å²) in [6.45, 7) is 7.34. The standard InChI is InChI=1S/C18H22FNO/c1-4-20-18(14-8-6-7-9-16(14)19)15-12-13(3)10-11-17(15)21-5-2/h6-12,18,20H,4-5H2,1-3H3. The number of rotatable bonds is 6. The van der Waals surface area contributed by atoms with Crippen LogP contribution in [-0.4, -0.2) is 13.2 Å². The first-order chi connectivity index (χ1) is 10.2. The third-order valence-corrected chi connectivity index (χ3v) is 3.40. The van der Waals surface area contributed by atoms with E-state index in [9.17, 15) is 4.39 Å². The highest BCUT2D eigenvalue weighted by Crippen LogP contribution is 2.32. The molecule has 112 valence electrons. The lowest BCUT2D eigenvalue weighted by Gasteiger charge is -2.22. The van der Waals surface area contributed by atoms with Crippen LogP contribution >= 0.6 is 0 Å². The highest BCUT2D eigenvalue weighted by Gasteiger charge is 2.20. The van der Waals surface area contributed by atoms with Crippen molar-refractivity contribution >= 4 is 0 Å². The lowest BCUT2D eigenvalue weighted by atomic mass is 9.96. The van der Waals surface area contributed by atoms with E-state index in [0.717, 1.165) is 23.4 Å². The summed E-state index contributed by atoms with van der Waals surface area (Å²) in [7, 11) is 0. The van der Waals surface area contributed by atoms with E-state index in [1.165, 1.54) is 6.07 Å². The van der Waals surface area contributed by atoms with E-state index in [0.29, 0.717) is 12.2 Å². The van der Waals surface area contributed by atoms with Gasteiger partial charge in [0.1, 0.15) is 11.6 Å². The van der Waals surface area contributed by atoms with Crippen LogP contribution in [0.1, 0.15) is 36.6 Å². The van der Waals surface area contributed by atoms with Crippen LogP contribution in [0.15, 0.2) is 42.5 Å². The van der Waals surface area contributed by atoms with E-state index in [2.05, 4.69) is 11.4 Å². The molecule has 0 aliphatic rings. The quantitative estimate of drug-likeness (QED) is 0.858. The summed E-state index contributed by atoms with van der Waals surface area (Å²) in [4.78, 5) is 0. The zero-order valence-electron chi connectivity index (χ0n) is 12.8. The van der Waals surface area contributed by atoms with Crippen LogP contribution in [0.2, 0.25) is 0 Å². The van der Waals surface area contributed by atoms with Crippen molar-refractivity contribution in [3.05, 3.63) is 65.0 Å². The van der Waals surface area contributed by atoms with Gasteiger partial charge < -0.3 is 10.1 Å². The maximum atomic E-state index is 14.2. The summed E-state index contributed by atoms with van der Waals surface area (Å²) in [5, 5.41) is 3.36. The van der Waals surface area contributed by atoms with Crippen molar-refractivity contribution in [2.75, 3.05) is 13.2 Å². The Bertz CT molecular complexity index is 598. The molecule has 1 unspecified atom stereocenters. The molecule has 1 N–H and O–H groups in total. The average Bonchev–Trinajstić information content (AvgIpc) is 2.48. The highest BCUT2D eigenvalue weighted by molar-refractivity contribution is 5.44. The predicted molar refractivity (Wildman–Crippen MR) is 84.3 cm³/mol. The van der Waals surface area contributed by atoms with Crippen molar-refractivity contribution < 1.29 is 9.13 Å². The van der Waals surface area contributed by atoms with Crippen molar-refractivity contribution in [3.63, 3.8) is 0 Å². The molecule has 0 spiro atoms. The summed E-state index contributed by atoms with van der Waals surface area (Å²) >= 11 is 0. The minimum Gasteiger partial charge on any atom is -0.494 e. The molecule has 0 aromatic heterocycles. The van der Waals surface area contributed by atoms with Gasteiger partial charge in [0.15, 0.2) is 0 Å². The van der Waals surface area contributed by atoms with Crippen molar-refractivity contribution in [2.45, 2.75) is 26.8 Å². The van der Waals surface area contributed by atoms with Gasteiger partial charge in [0.05, 0.1) is 12.6 Å². The molecule has 0 aliphatic carbocycles. The maximum Gasteiger partial charge on any atom is 0.128 e. The summed E-state index contributed by atoms with van der Waals surface area (Å²) in [6, 6.07) is 12.7. The molecule has 21 heavy (non-hydrogen) atoms. The molecule has 0 aliphatic heterocycles. The lowest BCUT2D eigenvalue weighted by molar-refractivity contribution is 0.333. The third kappa shape index (κ3) is 3.61. The second-order valence-electron chi connectivity index (χ2n) is 4.99. The van der Waals surface area contributed by atoms with Crippen LogP contribution in [0.3, 0.4) is 0 Å². The van der Waals surface area contributed by atoms with E-state index in [1.54, 1.807) is 6.07 Å². The zero-order valence-corrected chi connectivity index (χ0v) is 12.8. The Morgan fingerprint density at radius 2 is 1.86 bits per heavy atom. The average molecular weight is 287 g/mol. The van der Waals surface area contributed by atoms with Gasteiger partial charge in [-0.1, -0.05) is 42.8 Å². The number of hydrogen-bond acceptors (Lipinski definition) is 2. The van der Waals surface area contributed by atoms with E-state index in [-0.39, 0.29) is 11.9 Å². The first-order valence-electron chi connectivity index (χ1n) is 7.38. The Morgan fingerprint density at radius 1 is 1.10 bits per heavy atom. The number of nitrogens with one attached hydrogen (secondary N) is 1. The van der Waals surface area contributed by atoms with E-state index >= 15 is 0 Å². The molecule has 1 atom stereocenters. The normalized spacial score (nSPS) is 12.2. The van der Waals surface area contributed by atoms with Gasteiger partial charge >= 0.3 is 0 Å². The monoisotopic (exact) mass is 287 g/mol. The van der Waals surface area contributed by atoms with Crippen LogP contribution in [0.25, 0.3) is 0 Å². The molecule has 0 heterocycles. The Kier molecular flexibility index (Phi) is 5.34. The second-order valence-corrected chi connectivity index (χ2v) is 4.99. The molecular weight excluding hydrogens is 265 g/mol. The fraction of sp³-hybridized carbons (Fsp3) is 0.333. The minimum absolute atomic E-state index is 0.201. The van der Waals surface area contributed by atoms with Crippen LogP contribution in [0.5, 0.6) is 5.75 Å². The third-order valence-electron chi connectivity index (χ3n) is 3.40. The summed E-state index contributed by atoms with van der Waals surface area (Å²) in [5.74, 6) is 0.602. The van der Waals surface area contributed by atoms with Crippen LogP contribution in [0.4, 0.5) is 4.39 Å². The molecule has 0 fully saturated rings. The van der Waals surface area contributed by atoms with Gasteiger partial charge in [-0.2, -0.15) is 0 Å². The van der Waals surface area contributed by atoms with Crippen LogP contribution in [0, 0.1) is 12.7 Å². The molecule has 0 bridgehead atoms. The number of halogens is 1. The SMILES string of the molecule is CCNC(c1ccccc1F)c1cc(C)ccc1OCC. The molecule has 0 saturated carbocycles. The molecule has 0 radical (unpaired) electrons. The first-order valence-corrected chi connectivity index (χ1v) is 7.38. The summed E-state index contributed by atoms with van der Waals surface area (Å²) in [6.07, 6.45) is 0. The van der Waals surface area contributed by atoms with Gasteiger partial charge in [-0.15, -0.1) is 0 Å². The number of hydrogen-bond donors (Lipinski definition) is 1. The number of ether oxygens (including phenoxy) is 1. The molecule has 3 heteroatoms. The van der Waals surface area contributed by atoms with Gasteiger partial charge in [0.25, 0.3) is 0 Å². The van der Waals surface area contributed by atoms with Crippen molar-refractivity contribution in [3.8, 4) is 5.75 Å². The summed E-state index contributed by atoms with van der Waals surface area (Å²) < 4.78 is 19.9. The van der Waals surface area contributed by atoms with Crippen LogP contribution < -0.4 is 10.1 Å². The van der Waals surface area contributed by atoms with E-state index in [4.69, 9.17) is 4.74 Å². The largest absolute Gasteiger partial charge is 0.494 e. The Balaban J connectivity index is 2.52. The second kappa shape index (κ2) is 7.23. The minimum atomic E-state index is -0.211. The molecule has 0 amide bonds. The Labute approximate surface area is 126 Å². The lowest BCUT2D eigenvalue weighted by Crippen LogP contribution is -2.23. The molecule has 0 saturated heterocycles. The fourth-order valence-electron chi connectivity index (χ4n) is 2.48. The van der Waals surface area contributed by atoms with Gasteiger partial charge in [-0.05, 0) is 32.5 Å². The van der Waals surface area contributed by atoms with Crippen LogP contribution in [-0.2, 0) is 0 Å². The molecule has 2 rings (SSSR count). The Morgan fingerprint density at radius 3 is 2.52 bits per heavy atom. The number of aryl methyl sites for hydroxylation is 1. The molecule has 2 nitrogen and oxygen atoms in total. The van der Waals surface area contributed by atoms with Gasteiger partial charge in [0, 0.05) is 11.1 Å². The summed E-state index contributed by atoms with van der Waals surface area (Å²) in [5.41, 5.74) is 2.75. The smallest absolute Gasteiger partial charge is 0.128 e. The van der Waals surface area contributed by atoms with Crippen molar-refractivity contribution in [2.24, 2.45) is 0 Å². The van der Waals surface area contributed by atoms with E-state index in [1.807, 2.05) is 45.0 Å². The van der Waals surface area contributed by atoms with Crippen molar-refractivity contribution in [1.29, 1.82) is 0 Å². The molecule has 2 aromatic rings. The number of benzene rings is 2. The van der Waals surface area contributed by atoms with E-state index < -0.39 is 0 Å². The van der Waals surface area contributed by atoms with Gasteiger partial charge in [-0.25, -0.2) is 4.39 Å². The van der Waals surface area contributed by atoms with Gasteiger partial charge in [-0.3, -0.25) is 0 Å².